The van der Waals surface area contributed by atoms with Crippen LogP contribution in [0.5, 0.6) is 0 Å². The maximum atomic E-state index is 2.56. The summed E-state index contributed by atoms with van der Waals surface area (Å²) in [4.78, 5) is 5.03. The van der Waals surface area contributed by atoms with E-state index in [0.29, 0.717) is 0 Å². The quantitative estimate of drug-likeness (QED) is 0.164. The zero-order valence-electron chi connectivity index (χ0n) is 29.7. The van der Waals surface area contributed by atoms with E-state index in [4.69, 9.17) is 0 Å². The lowest BCUT2D eigenvalue weighted by Crippen LogP contribution is -2.61. The van der Waals surface area contributed by atoms with Gasteiger partial charge in [-0.3, -0.25) is 0 Å². The molecule has 0 aromatic heterocycles. The van der Waals surface area contributed by atoms with Crippen LogP contribution in [-0.4, -0.2) is 6.71 Å². The summed E-state index contributed by atoms with van der Waals surface area (Å²) in [5, 5.41) is 0. The standard InChI is InChI=1S/C48H41BN2/c1-47(2,34-18-8-5-9-19-34)36-28-30-38(31-29-36)51-43-27-17-15-25-41(43)49-40-24-14-16-26-42(40)50(37-22-12-7-13-23-37)44-33-32-39(46(51)45(44)49)48(3,4)35-20-10-6-11-21-35/h5-33H,1-4H3. The molecule has 0 radical (unpaired) electrons. The minimum absolute atomic E-state index is 0.0847. The molecule has 0 bridgehead atoms. The van der Waals surface area contributed by atoms with E-state index in [-0.39, 0.29) is 17.5 Å². The van der Waals surface area contributed by atoms with Crippen LogP contribution in [0.15, 0.2) is 176 Å². The normalized spacial score (nSPS) is 13.4. The zero-order chi connectivity index (χ0) is 34.7. The number of rotatable bonds is 6. The van der Waals surface area contributed by atoms with E-state index >= 15 is 0 Å². The molecule has 7 aromatic rings. The van der Waals surface area contributed by atoms with Gasteiger partial charge in [-0.15, -0.1) is 0 Å². The first-order chi connectivity index (χ1) is 24.9. The van der Waals surface area contributed by atoms with Crippen molar-refractivity contribution in [1.82, 2.24) is 0 Å². The molecule has 0 amide bonds. The van der Waals surface area contributed by atoms with Gasteiger partial charge in [0.15, 0.2) is 0 Å². The summed E-state index contributed by atoms with van der Waals surface area (Å²) in [5.41, 5.74) is 16.1. The highest BCUT2D eigenvalue weighted by Crippen LogP contribution is 2.49. The number of hydrogen-bond acceptors (Lipinski definition) is 2. The summed E-state index contributed by atoms with van der Waals surface area (Å²) in [6, 6.07) is 64.9. The van der Waals surface area contributed by atoms with Gasteiger partial charge in [-0.05, 0) is 81.1 Å². The summed E-state index contributed by atoms with van der Waals surface area (Å²) in [6.07, 6.45) is 0. The summed E-state index contributed by atoms with van der Waals surface area (Å²) in [6.45, 7) is 9.49. The van der Waals surface area contributed by atoms with Crippen LogP contribution in [0.4, 0.5) is 34.1 Å². The highest BCUT2D eigenvalue weighted by Gasteiger charge is 2.45. The monoisotopic (exact) mass is 656 g/mol. The van der Waals surface area contributed by atoms with Crippen LogP contribution in [0, 0.1) is 0 Å². The Labute approximate surface area is 302 Å². The van der Waals surface area contributed by atoms with Crippen LogP contribution in [0.3, 0.4) is 0 Å². The van der Waals surface area contributed by atoms with Crippen molar-refractivity contribution >= 4 is 57.2 Å². The molecule has 0 atom stereocenters. The lowest BCUT2D eigenvalue weighted by atomic mass is 9.33. The van der Waals surface area contributed by atoms with Crippen molar-refractivity contribution in [3.63, 3.8) is 0 Å². The Kier molecular flexibility index (Phi) is 7.29. The lowest BCUT2D eigenvalue weighted by Gasteiger charge is -2.46. The van der Waals surface area contributed by atoms with Crippen LogP contribution < -0.4 is 26.2 Å². The first-order valence-corrected chi connectivity index (χ1v) is 18.1. The fourth-order valence-electron chi connectivity index (χ4n) is 8.60. The van der Waals surface area contributed by atoms with Crippen molar-refractivity contribution in [2.24, 2.45) is 0 Å². The van der Waals surface area contributed by atoms with Gasteiger partial charge in [-0.1, -0.05) is 161 Å². The molecular formula is C48H41BN2. The first kappa shape index (κ1) is 31.2. The highest BCUT2D eigenvalue weighted by atomic mass is 15.2. The van der Waals surface area contributed by atoms with Gasteiger partial charge in [0.25, 0.3) is 6.71 Å². The highest BCUT2D eigenvalue weighted by molar-refractivity contribution is 7.00. The van der Waals surface area contributed by atoms with E-state index < -0.39 is 0 Å². The molecule has 9 rings (SSSR count). The Morgan fingerprint density at radius 1 is 0.373 bits per heavy atom. The SMILES string of the molecule is CC(C)(c1ccccc1)c1ccc(N2c3ccccc3B3c4ccccc4N(c4ccccc4)c4ccc(C(C)(C)c5ccccc5)c2c43)cc1. The first-order valence-electron chi connectivity index (χ1n) is 18.1. The molecule has 51 heavy (non-hydrogen) atoms. The minimum Gasteiger partial charge on any atom is -0.311 e. The number of para-hydroxylation sites is 3. The Hall–Kier alpha value is -5.80. The van der Waals surface area contributed by atoms with Gasteiger partial charge >= 0.3 is 0 Å². The number of nitrogens with zero attached hydrogens (tertiary/aromatic N) is 2. The second-order valence-electron chi connectivity index (χ2n) is 15.0. The summed E-state index contributed by atoms with van der Waals surface area (Å²) in [5.74, 6) is 0. The molecule has 246 valence electrons. The van der Waals surface area contributed by atoms with Gasteiger partial charge in [0.2, 0.25) is 0 Å². The second-order valence-corrected chi connectivity index (χ2v) is 15.0. The second kappa shape index (κ2) is 11.9. The van der Waals surface area contributed by atoms with Crippen LogP contribution in [0.2, 0.25) is 0 Å². The third kappa shape index (κ3) is 4.87. The van der Waals surface area contributed by atoms with Crippen LogP contribution in [-0.2, 0) is 10.8 Å². The van der Waals surface area contributed by atoms with Gasteiger partial charge in [0.1, 0.15) is 0 Å². The van der Waals surface area contributed by atoms with E-state index in [1.807, 2.05) is 0 Å². The van der Waals surface area contributed by atoms with E-state index in [2.05, 4.69) is 213 Å². The van der Waals surface area contributed by atoms with Gasteiger partial charge in [0.05, 0.1) is 0 Å². The van der Waals surface area contributed by atoms with Crippen molar-refractivity contribution in [3.05, 3.63) is 198 Å². The maximum Gasteiger partial charge on any atom is 0.252 e. The average Bonchev–Trinajstić information content (AvgIpc) is 3.18. The third-order valence-electron chi connectivity index (χ3n) is 11.5. The Balaban J connectivity index is 1.33. The number of anilines is 6. The molecule has 0 aliphatic carbocycles. The fourth-order valence-corrected chi connectivity index (χ4v) is 8.60. The van der Waals surface area contributed by atoms with Crippen LogP contribution in [0.1, 0.15) is 49.9 Å². The van der Waals surface area contributed by atoms with Crippen molar-refractivity contribution < 1.29 is 0 Å². The van der Waals surface area contributed by atoms with E-state index in [1.54, 1.807) is 0 Å². The van der Waals surface area contributed by atoms with Crippen molar-refractivity contribution in [2.75, 3.05) is 9.80 Å². The van der Waals surface area contributed by atoms with E-state index in [1.165, 1.54) is 67.1 Å². The van der Waals surface area contributed by atoms with E-state index in [0.717, 1.165) is 5.69 Å². The molecule has 0 spiro atoms. The van der Waals surface area contributed by atoms with Gasteiger partial charge in [-0.2, -0.15) is 0 Å². The molecule has 3 heteroatoms. The third-order valence-corrected chi connectivity index (χ3v) is 11.5. The largest absolute Gasteiger partial charge is 0.311 e. The van der Waals surface area contributed by atoms with Crippen LogP contribution in [0.25, 0.3) is 0 Å². The molecule has 0 unspecified atom stereocenters. The average molecular weight is 657 g/mol. The summed E-state index contributed by atoms with van der Waals surface area (Å²) in [7, 11) is 0. The molecule has 0 N–H and O–H groups in total. The Morgan fingerprint density at radius 3 is 1.41 bits per heavy atom. The van der Waals surface area contributed by atoms with Crippen molar-refractivity contribution in [3.8, 4) is 0 Å². The molecule has 2 aliphatic rings. The molecule has 0 saturated heterocycles. The Bertz CT molecular complexity index is 2360. The zero-order valence-corrected chi connectivity index (χ0v) is 29.7. The molecule has 0 fully saturated rings. The van der Waals surface area contributed by atoms with Gasteiger partial charge in [0, 0.05) is 45.0 Å². The van der Waals surface area contributed by atoms with Gasteiger partial charge in [-0.25, -0.2) is 0 Å². The van der Waals surface area contributed by atoms with Crippen LogP contribution >= 0.6 is 0 Å². The smallest absolute Gasteiger partial charge is 0.252 e. The molecule has 2 aliphatic heterocycles. The Morgan fingerprint density at radius 2 is 0.824 bits per heavy atom. The summed E-state index contributed by atoms with van der Waals surface area (Å²) >= 11 is 0. The molecular weight excluding hydrogens is 615 g/mol. The predicted octanol–water partition coefficient (Wildman–Crippen LogP) is 10.4. The van der Waals surface area contributed by atoms with Crippen molar-refractivity contribution in [2.45, 2.75) is 38.5 Å². The predicted molar refractivity (Wildman–Crippen MR) is 218 cm³/mol. The lowest BCUT2D eigenvalue weighted by molar-refractivity contribution is 0.640. The number of hydrogen-bond donors (Lipinski definition) is 0. The molecule has 7 aromatic carbocycles. The van der Waals surface area contributed by atoms with E-state index in [9.17, 15) is 0 Å². The summed E-state index contributed by atoms with van der Waals surface area (Å²) < 4.78 is 0. The van der Waals surface area contributed by atoms with Gasteiger partial charge < -0.3 is 9.80 Å². The molecule has 0 saturated carbocycles. The molecule has 2 nitrogen and oxygen atoms in total. The number of benzene rings is 7. The molecule has 2 heterocycles. The minimum atomic E-state index is -0.273. The topological polar surface area (TPSA) is 6.48 Å². The maximum absolute atomic E-state index is 2.56. The fraction of sp³-hybridized carbons (Fsp3) is 0.125. The van der Waals surface area contributed by atoms with Crippen molar-refractivity contribution in [1.29, 1.82) is 0 Å². The number of fused-ring (bicyclic) bond motifs is 4.